The van der Waals surface area contributed by atoms with Crippen molar-refractivity contribution in [1.29, 1.82) is 0 Å². The van der Waals surface area contributed by atoms with E-state index in [1.165, 1.54) is 22.7 Å². The largest absolute Gasteiger partial charge is 0.288 e. The summed E-state index contributed by atoms with van der Waals surface area (Å²) in [6.07, 6.45) is 4.88. The molecule has 0 N–H and O–H groups in total. The fourth-order valence-electron chi connectivity index (χ4n) is 2.04. The number of hydrogen-bond acceptors (Lipinski definition) is 4. The van der Waals surface area contributed by atoms with Gasteiger partial charge in [-0.15, -0.1) is 0 Å². The van der Waals surface area contributed by atoms with Gasteiger partial charge in [-0.25, -0.2) is 4.39 Å². The number of carbonyl (C=O) groups excluding carboxylic acids is 1. The SMILES string of the molecule is O=C1/C(=C/c2ccccc2F)SC(=S)N1Cc1ccncc1. The monoisotopic (exact) mass is 330 g/mol. The van der Waals surface area contributed by atoms with Crippen molar-refractivity contribution in [1.82, 2.24) is 9.88 Å². The van der Waals surface area contributed by atoms with Gasteiger partial charge in [0, 0.05) is 18.0 Å². The van der Waals surface area contributed by atoms with Crippen LogP contribution in [0.4, 0.5) is 4.39 Å². The number of thioether (sulfide) groups is 1. The van der Waals surface area contributed by atoms with Gasteiger partial charge in [0.05, 0.1) is 11.4 Å². The van der Waals surface area contributed by atoms with Crippen LogP contribution in [0.1, 0.15) is 11.1 Å². The van der Waals surface area contributed by atoms with Gasteiger partial charge in [-0.3, -0.25) is 14.7 Å². The molecule has 0 saturated carbocycles. The molecule has 1 saturated heterocycles. The van der Waals surface area contributed by atoms with E-state index in [2.05, 4.69) is 4.98 Å². The van der Waals surface area contributed by atoms with E-state index in [1.54, 1.807) is 36.7 Å². The molecule has 1 aromatic carbocycles. The fourth-order valence-corrected chi connectivity index (χ4v) is 3.29. The van der Waals surface area contributed by atoms with Gasteiger partial charge in [-0.2, -0.15) is 0 Å². The van der Waals surface area contributed by atoms with Crippen LogP contribution in [-0.4, -0.2) is 20.1 Å². The van der Waals surface area contributed by atoms with Crippen LogP contribution in [0.2, 0.25) is 0 Å². The third-order valence-corrected chi connectivity index (χ3v) is 4.53. The van der Waals surface area contributed by atoms with Crippen LogP contribution >= 0.6 is 24.0 Å². The topological polar surface area (TPSA) is 33.2 Å². The van der Waals surface area contributed by atoms with Gasteiger partial charge in [0.15, 0.2) is 0 Å². The summed E-state index contributed by atoms with van der Waals surface area (Å²) in [5.74, 6) is -0.558. The number of hydrogen-bond donors (Lipinski definition) is 0. The number of carbonyl (C=O) groups is 1. The molecule has 1 fully saturated rings. The van der Waals surface area contributed by atoms with E-state index in [0.29, 0.717) is 21.3 Å². The zero-order chi connectivity index (χ0) is 15.5. The molecule has 0 spiro atoms. The van der Waals surface area contributed by atoms with Gasteiger partial charge in [-0.1, -0.05) is 42.2 Å². The number of aromatic nitrogens is 1. The molecule has 22 heavy (non-hydrogen) atoms. The molecule has 1 amide bonds. The van der Waals surface area contributed by atoms with Crippen molar-refractivity contribution >= 4 is 40.3 Å². The van der Waals surface area contributed by atoms with Crippen LogP contribution in [0, 0.1) is 5.82 Å². The van der Waals surface area contributed by atoms with Crippen molar-refractivity contribution in [3.63, 3.8) is 0 Å². The highest BCUT2D eigenvalue weighted by Crippen LogP contribution is 2.33. The molecule has 3 rings (SSSR count). The van der Waals surface area contributed by atoms with Crippen LogP contribution in [0.15, 0.2) is 53.7 Å². The second-order valence-electron chi connectivity index (χ2n) is 4.64. The Bertz CT molecular complexity index is 762. The maximum absolute atomic E-state index is 13.7. The highest BCUT2D eigenvalue weighted by Gasteiger charge is 2.32. The molecule has 110 valence electrons. The van der Waals surface area contributed by atoms with Crippen molar-refractivity contribution in [3.8, 4) is 0 Å². The summed E-state index contributed by atoms with van der Waals surface area (Å²) in [5.41, 5.74) is 1.32. The molecule has 1 aliphatic rings. The lowest BCUT2D eigenvalue weighted by molar-refractivity contribution is -0.122. The summed E-state index contributed by atoms with van der Waals surface area (Å²) in [6.45, 7) is 0.391. The molecule has 6 heteroatoms. The predicted octanol–water partition coefficient (Wildman–Crippen LogP) is 3.62. The number of nitrogens with zero attached hydrogens (tertiary/aromatic N) is 2. The average Bonchev–Trinajstić information content (AvgIpc) is 2.78. The fraction of sp³-hybridized carbons (Fsp3) is 0.0625. The number of pyridine rings is 1. The van der Waals surface area contributed by atoms with Gasteiger partial charge in [-0.05, 0) is 29.8 Å². The first-order valence-electron chi connectivity index (χ1n) is 6.54. The van der Waals surface area contributed by atoms with E-state index in [9.17, 15) is 9.18 Å². The highest BCUT2D eigenvalue weighted by atomic mass is 32.2. The van der Waals surface area contributed by atoms with Crippen LogP contribution in [-0.2, 0) is 11.3 Å². The van der Waals surface area contributed by atoms with Crippen LogP contribution in [0.25, 0.3) is 6.08 Å². The van der Waals surface area contributed by atoms with Gasteiger partial charge < -0.3 is 0 Å². The molecule has 2 aromatic rings. The van der Waals surface area contributed by atoms with E-state index in [0.717, 1.165) is 5.56 Å². The smallest absolute Gasteiger partial charge is 0.266 e. The number of thiocarbonyl (C=S) groups is 1. The number of halogens is 1. The van der Waals surface area contributed by atoms with Crippen molar-refractivity contribution in [2.24, 2.45) is 0 Å². The quantitative estimate of drug-likeness (QED) is 0.636. The van der Waals surface area contributed by atoms with Gasteiger partial charge in [0.1, 0.15) is 10.1 Å². The van der Waals surface area contributed by atoms with Crippen LogP contribution in [0.5, 0.6) is 0 Å². The summed E-state index contributed by atoms with van der Waals surface area (Å²) in [5, 5.41) is 0. The molecule has 0 atom stereocenters. The van der Waals surface area contributed by atoms with Gasteiger partial charge in [0.2, 0.25) is 0 Å². The van der Waals surface area contributed by atoms with Crippen molar-refractivity contribution in [2.45, 2.75) is 6.54 Å². The molecule has 0 radical (unpaired) electrons. The Morgan fingerprint density at radius 3 is 2.68 bits per heavy atom. The standard InChI is InChI=1S/C16H11FN2OS2/c17-13-4-2-1-3-12(13)9-14-15(20)19(16(21)22-14)10-11-5-7-18-8-6-11/h1-9H,10H2/b14-9-. The number of rotatable bonds is 3. The average molecular weight is 330 g/mol. The molecule has 0 aliphatic carbocycles. The normalized spacial score (nSPS) is 16.6. The van der Waals surface area contributed by atoms with Crippen molar-refractivity contribution < 1.29 is 9.18 Å². The molecule has 1 aliphatic heterocycles. The predicted molar refractivity (Wildman–Crippen MR) is 89.4 cm³/mol. The molecule has 0 bridgehead atoms. The summed E-state index contributed by atoms with van der Waals surface area (Å²) in [4.78, 5) is 18.3. The lowest BCUT2D eigenvalue weighted by Crippen LogP contribution is -2.27. The Morgan fingerprint density at radius 1 is 1.23 bits per heavy atom. The first-order chi connectivity index (χ1) is 10.6. The van der Waals surface area contributed by atoms with E-state index < -0.39 is 0 Å². The Hall–Kier alpha value is -2.05. The first-order valence-corrected chi connectivity index (χ1v) is 7.76. The maximum Gasteiger partial charge on any atom is 0.266 e. The number of amides is 1. The molecule has 2 heterocycles. The Balaban J connectivity index is 1.84. The molecule has 1 aromatic heterocycles. The lowest BCUT2D eigenvalue weighted by atomic mass is 10.2. The van der Waals surface area contributed by atoms with Crippen LogP contribution in [0.3, 0.4) is 0 Å². The summed E-state index contributed by atoms with van der Waals surface area (Å²) in [6, 6.07) is 10.0. The highest BCUT2D eigenvalue weighted by molar-refractivity contribution is 8.26. The molecule has 0 unspecified atom stereocenters. The zero-order valence-corrected chi connectivity index (χ0v) is 13.0. The Labute approximate surface area is 136 Å². The van der Waals surface area contributed by atoms with Crippen molar-refractivity contribution in [2.75, 3.05) is 0 Å². The molecular weight excluding hydrogens is 319 g/mol. The minimum absolute atomic E-state index is 0.199. The second kappa shape index (κ2) is 6.37. The van der Waals surface area contributed by atoms with Gasteiger partial charge in [0.25, 0.3) is 5.91 Å². The third-order valence-electron chi connectivity index (χ3n) is 3.16. The number of benzene rings is 1. The van der Waals surface area contributed by atoms with Crippen molar-refractivity contribution in [3.05, 3.63) is 70.6 Å². The third kappa shape index (κ3) is 3.08. The second-order valence-corrected chi connectivity index (χ2v) is 6.32. The van der Waals surface area contributed by atoms with Crippen LogP contribution < -0.4 is 0 Å². The zero-order valence-electron chi connectivity index (χ0n) is 11.4. The first kappa shape index (κ1) is 14.9. The Morgan fingerprint density at radius 2 is 1.95 bits per heavy atom. The minimum atomic E-state index is -0.359. The van der Waals surface area contributed by atoms with E-state index in [1.807, 2.05) is 12.1 Å². The maximum atomic E-state index is 13.7. The lowest BCUT2D eigenvalue weighted by Gasteiger charge is -2.14. The molecular formula is C16H11FN2OS2. The van der Waals surface area contributed by atoms with E-state index in [4.69, 9.17) is 12.2 Å². The van der Waals surface area contributed by atoms with Gasteiger partial charge >= 0.3 is 0 Å². The Kier molecular flexibility index (Phi) is 4.31. The minimum Gasteiger partial charge on any atom is -0.288 e. The summed E-state index contributed by atoms with van der Waals surface area (Å²) < 4.78 is 14.2. The summed E-state index contributed by atoms with van der Waals surface area (Å²) >= 11 is 6.45. The van der Waals surface area contributed by atoms with E-state index in [-0.39, 0.29) is 11.7 Å². The van der Waals surface area contributed by atoms with E-state index >= 15 is 0 Å². The molecule has 3 nitrogen and oxygen atoms in total. The summed E-state index contributed by atoms with van der Waals surface area (Å²) in [7, 11) is 0.